The van der Waals surface area contributed by atoms with Crippen LogP contribution in [0, 0.1) is 0 Å². The topological polar surface area (TPSA) is 55.9 Å². The minimum atomic E-state index is -0.136. The first-order valence-corrected chi connectivity index (χ1v) is 25.6. The molecule has 0 unspecified atom stereocenters. The summed E-state index contributed by atoms with van der Waals surface area (Å²) in [6.45, 7) is 17.5. The number of para-hydroxylation sites is 3. The first kappa shape index (κ1) is 45.3. The van der Waals surface area contributed by atoms with Crippen molar-refractivity contribution in [3.63, 3.8) is 0 Å². The molecule has 0 amide bonds. The Labute approximate surface area is 425 Å². The lowest BCUT2D eigenvalue weighted by Gasteiger charge is -2.21. The molecule has 0 saturated carbocycles. The molecule has 73 heavy (non-hydrogen) atoms. The van der Waals surface area contributed by atoms with Crippen LogP contribution in [0.1, 0.15) is 70.2 Å². The molecule has 5 nitrogen and oxygen atoms in total. The van der Waals surface area contributed by atoms with Gasteiger partial charge in [-0.05, 0) is 97.9 Å². The molecule has 3 aromatic heterocycles. The van der Waals surface area contributed by atoms with Crippen molar-refractivity contribution in [3.8, 4) is 22.3 Å². The fraction of sp³-hybridized carbons (Fsp3) is 0.118. The normalized spacial score (nSPS) is 13.0. The number of aliphatic imine (C=N–C) groups is 2. The number of rotatable bonds is 5. The lowest BCUT2D eigenvalue weighted by molar-refractivity contribution is 0.661. The number of benzene rings is 10. The molecule has 0 spiro atoms. The van der Waals surface area contributed by atoms with E-state index in [1.807, 2.05) is 68.7 Å². The Morgan fingerprint density at radius 1 is 0.521 bits per heavy atom. The molecule has 0 atom stereocenters. The summed E-state index contributed by atoms with van der Waals surface area (Å²) in [4.78, 5) is 10.6. The van der Waals surface area contributed by atoms with E-state index >= 15 is 0 Å². The summed E-state index contributed by atoms with van der Waals surface area (Å²) in [7, 11) is 0. The van der Waals surface area contributed by atoms with Crippen molar-refractivity contribution in [2.24, 2.45) is 9.98 Å². The smallest absolute Gasteiger partial charge is 0.161 e. The summed E-state index contributed by atoms with van der Waals surface area (Å²) >= 11 is 0. The van der Waals surface area contributed by atoms with Gasteiger partial charge in [0.1, 0.15) is 28.7 Å². The summed E-state index contributed by atoms with van der Waals surface area (Å²) in [5.41, 5.74) is 15.0. The Morgan fingerprint density at radius 2 is 1.07 bits per heavy atom. The summed E-state index contributed by atoms with van der Waals surface area (Å²) in [6, 6.07) is 68.8. The lowest BCUT2D eigenvalue weighted by atomic mass is 9.82. The number of hydrogen-bond acceptors (Lipinski definition) is 3. The average molecular weight is 946 g/mol. The van der Waals surface area contributed by atoms with Gasteiger partial charge in [-0.25, -0.2) is 9.98 Å². The van der Waals surface area contributed by atoms with Gasteiger partial charge < -0.3 is 8.83 Å². The summed E-state index contributed by atoms with van der Waals surface area (Å²) in [5.74, 6) is 0.499. The van der Waals surface area contributed by atoms with Crippen LogP contribution < -0.4 is 0 Å². The van der Waals surface area contributed by atoms with Crippen LogP contribution in [0.25, 0.3) is 115 Å². The molecule has 5 heteroatoms. The first-order valence-electron chi connectivity index (χ1n) is 25.6. The van der Waals surface area contributed by atoms with Crippen LogP contribution in [0.2, 0.25) is 0 Å². The van der Waals surface area contributed by atoms with Crippen LogP contribution in [0.3, 0.4) is 0 Å². The average Bonchev–Trinajstić information content (AvgIpc) is 4.16. The van der Waals surface area contributed by atoms with E-state index in [1.165, 1.54) is 55.6 Å². The van der Waals surface area contributed by atoms with Crippen molar-refractivity contribution in [1.82, 2.24) is 4.57 Å². The second-order valence-corrected chi connectivity index (χ2v) is 19.3. The fourth-order valence-electron chi connectivity index (χ4n) is 11.2. The van der Waals surface area contributed by atoms with Crippen molar-refractivity contribution in [1.29, 1.82) is 0 Å². The van der Waals surface area contributed by atoms with E-state index in [0.29, 0.717) is 11.5 Å². The molecule has 0 N–H and O–H groups in total. The van der Waals surface area contributed by atoms with Gasteiger partial charge >= 0.3 is 0 Å². The highest BCUT2D eigenvalue weighted by atomic mass is 16.3. The molecule has 1 aliphatic rings. The van der Waals surface area contributed by atoms with Crippen LogP contribution in [-0.4, -0.2) is 16.7 Å². The maximum Gasteiger partial charge on any atom is 0.161 e. The predicted octanol–water partition coefficient (Wildman–Crippen LogP) is 19.3. The third-order valence-electron chi connectivity index (χ3n) is 14.5. The van der Waals surface area contributed by atoms with Crippen molar-refractivity contribution < 1.29 is 8.83 Å². The van der Waals surface area contributed by atoms with E-state index in [1.54, 1.807) is 0 Å². The summed E-state index contributed by atoms with van der Waals surface area (Å²) < 4.78 is 15.0. The van der Waals surface area contributed by atoms with Gasteiger partial charge in [0, 0.05) is 54.4 Å². The number of aromatic nitrogens is 1. The second kappa shape index (κ2) is 18.1. The van der Waals surface area contributed by atoms with Gasteiger partial charge in [-0.1, -0.05) is 200 Å². The van der Waals surface area contributed by atoms with E-state index in [-0.39, 0.29) is 5.41 Å². The molecular formula is C68H55N3O2. The second-order valence-electron chi connectivity index (χ2n) is 19.3. The quantitative estimate of drug-likeness (QED) is 0.127. The van der Waals surface area contributed by atoms with Crippen LogP contribution in [0.15, 0.2) is 220 Å². The maximum atomic E-state index is 6.42. The predicted molar refractivity (Wildman–Crippen MR) is 312 cm³/mol. The number of nitrogens with zero attached hydrogens (tertiary/aromatic N) is 3. The number of amidine groups is 1. The van der Waals surface area contributed by atoms with Crippen molar-refractivity contribution in [3.05, 3.63) is 223 Å². The molecule has 1 aliphatic carbocycles. The van der Waals surface area contributed by atoms with E-state index in [4.69, 9.17) is 18.8 Å². The lowest BCUT2D eigenvalue weighted by Crippen LogP contribution is -2.14. The molecule has 0 fully saturated rings. The Hall–Kier alpha value is -8.80. The Morgan fingerprint density at radius 3 is 1.77 bits per heavy atom. The zero-order valence-corrected chi connectivity index (χ0v) is 42.1. The van der Waals surface area contributed by atoms with Crippen LogP contribution >= 0.6 is 0 Å². The largest absolute Gasteiger partial charge is 0.456 e. The first-order chi connectivity index (χ1) is 35.8. The van der Waals surface area contributed by atoms with E-state index in [9.17, 15) is 0 Å². The minimum Gasteiger partial charge on any atom is -0.456 e. The molecule has 0 bridgehead atoms. The van der Waals surface area contributed by atoms with Gasteiger partial charge in [0.05, 0.1) is 16.7 Å². The highest BCUT2D eigenvalue weighted by Gasteiger charge is 2.36. The molecule has 10 aromatic carbocycles. The molecular weight excluding hydrogens is 891 g/mol. The van der Waals surface area contributed by atoms with Gasteiger partial charge in [-0.3, -0.25) is 4.57 Å². The van der Waals surface area contributed by atoms with Crippen LogP contribution in [-0.2, 0) is 5.41 Å². The van der Waals surface area contributed by atoms with Crippen LogP contribution in [0.4, 0.5) is 0 Å². The van der Waals surface area contributed by atoms with Gasteiger partial charge in [0.25, 0.3) is 0 Å². The summed E-state index contributed by atoms with van der Waals surface area (Å²) in [5, 5.41) is 11.5. The number of fused-ring (bicyclic) bond motifs is 16. The van der Waals surface area contributed by atoms with Crippen molar-refractivity contribution in [2.45, 2.75) is 53.4 Å². The zero-order valence-electron chi connectivity index (χ0n) is 42.1. The Kier molecular flexibility index (Phi) is 11.2. The van der Waals surface area contributed by atoms with E-state index in [2.05, 4.69) is 184 Å². The van der Waals surface area contributed by atoms with Gasteiger partial charge in [-0.15, -0.1) is 0 Å². The third-order valence-corrected chi connectivity index (χ3v) is 14.5. The molecule has 14 rings (SSSR count). The Balaban J connectivity index is 0.00000105. The maximum absolute atomic E-state index is 6.42. The monoisotopic (exact) mass is 945 g/mol. The van der Waals surface area contributed by atoms with Gasteiger partial charge in [-0.2, -0.15) is 0 Å². The number of furan rings is 2. The molecule has 0 saturated heterocycles. The van der Waals surface area contributed by atoms with E-state index < -0.39 is 0 Å². The third kappa shape index (κ3) is 7.37. The Bertz CT molecular complexity index is 4400. The molecule has 3 heterocycles. The summed E-state index contributed by atoms with van der Waals surface area (Å²) in [6.07, 6.45) is 3.19. The van der Waals surface area contributed by atoms with Crippen molar-refractivity contribution >= 4 is 105 Å². The molecule has 0 aliphatic heterocycles. The van der Waals surface area contributed by atoms with Crippen molar-refractivity contribution in [2.75, 3.05) is 0 Å². The highest BCUT2D eigenvalue weighted by Crippen LogP contribution is 2.52. The van der Waals surface area contributed by atoms with E-state index in [0.717, 1.165) is 82.6 Å². The standard InChI is InChI=1S/C63H41N3O2.C3H8.C2H6/c1-37(40-23-28-48-46-17-8-10-21-55(46)67-57(48)34-40)65-62(42-24-29-49-47-18-9-11-22-56(47)68-58(49)35-42)64-36-66-54-32-27-39-14-5-7-16-44(39)60(54)50-20-12-19-45(61(50)66)41-26-30-52-51(33-41)59-43-15-6-4-13-38(43)25-31-53(59)63(52,2)3;1-3-2;1-2/h4-36H,1H2,2-3H3;3H2,1-2H3;1-2H3. The fourth-order valence-corrected chi connectivity index (χ4v) is 11.2. The molecule has 0 radical (unpaired) electrons. The minimum absolute atomic E-state index is 0.136. The molecule has 354 valence electrons. The van der Waals surface area contributed by atoms with Gasteiger partial charge in [0.15, 0.2) is 5.84 Å². The number of hydrogen-bond donors (Lipinski definition) is 0. The SMILES string of the molecule is C=C(N=C(N=Cn1c2ccc3ccccc3c2c2cccc(-c3ccc4c(c3)-c3c(ccc5ccccc35)C4(C)C)c21)c1ccc2c(c1)oc1ccccc12)c1ccc2c(c1)oc1ccccc12.CC.CCC. The van der Waals surface area contributed by atoms with Crippen LogP contribution in [0.5, 0.6) is 0 Å². The highest BCUT2D eigenvalue weighted by molar-refractivity contribution is 6.25. The van der Waals surface area contributed by atoms with Gasteiger partial charge in [0.2, 0.25) is 0 Å². The zero-order chi connectivity index (χ0) is 50.0. The molecule has 13 aromatic rings.